The van der Waals surface area contributed by atoms with E-state index >= 15 is 4.39 Å². The maximum absolute atomic E-state index is 15.2. The molecular formula is C24H29F2N7O2S. The third kappa shape index (κ3) is 5.19. The van der Waals surface area contributed by atoms with E-state index in [1.807, 2.05) is 6.07 Å². The first-order valence-corrected chi connectivity index (χ1v) is 13.6. The molecule has 1 aliphatic heterocycles. The molecule has 0 bridgehead atoms. The van der Waals surface area contributed by atoms with Crippen molar-refractivity contribution in [1.29, 1.82) is 0 Å². The van der Waals surface area contributed by atoms with Crippen molar-refractivity contribution in [3.63, 3.8) is 0 Å². The van der Waals surface area contributed by atoms with Gasteiger partial charge in [-0.2, -0.15) is 0 Å². The molecule has 0 amide bonds. The van der Waals surface area contributed by atoms with Crippen LogP contribution >= 0.6 is 0 Å². The summed E-state index contributed by atoms with van der Waals surface area (Å²) in [7, 11) is -3.82. The van der Waals surface area contributed by atoms with Gasteiger partial charge < -0.3 is 4.90 Å². The Kier molecular flexibility index (Phi) is 6.64. The topological polar surface area (TPSA) is 96.2 Å². The summed E-state index contributed by atoms with van der Waals surface area (Å²) in [6.45, 7) is 7.93. The number of hydrogen-bond donors (Lipinski definition) is 1. The van der Waals surface area contributed by atoms with Gasteiger partial charge in [0, 0.05) is 44.5 Å². The number of benzene rings is 1. The zero-order chi connectivity index (χ0) is 25.4. The Morgan fingerprint density at radius 3 is 2.56 bits per heavy atom. The molecule has 1 aliphatic carbocycles. The molecule has 2 aliphatic rings. The molecule has 9 nitrogen and oxygen atoms in total. The van der Waals surface area contributed by atoms with Gasteiger partial charge in [-0.25, -0.2) is 21.9 Å². The van der Waals surface area contributed by atoms with Gasteiger partial charge in [-0.1, -0.05) is 5.21 Å². The lowest BCUT2D eigenvalue weighted by molar-refractivity contribution is 0.248. The molecule has 0 radical (unpaired) electrons. The monoisotopic (exact) mass is 517 g/mol. The van der Waals surface area contributed by atoms with E-state index in [9.17, 15) is 12.8 Å². The van der Waals surface area contributed by atoms with E-state index in [0.29, 0.717) is 11.3 Å². The number of nitrogens with one attached hydrogen (secondary N) is 1. The zero-order valence-electron chi connectivity index (χ0n) is 20.2. The fourth-order valence-electron chi connectivity index (χ4n) is 4.20. The van der Waals surface area contributed by atoms with E-state index in [1.54, 1.807) is 12.4 Å². The first-order valence-electron chi connectivity index (χ1n) is 12.1. The number of anilines is 2. The molecule has 2 fully saturated rings. The van der Waals surface area contributed by atoms with Gasteiger partial charge in [0.15, 0.2) is 11.6 Å². The van der Waals surface area contributed by atoms with Crippen molar-refractivity contribution in [3.05, 3.63) is 48.4 Å². The van der Waals surface area contributed by atoms with Gasteiger partial charge in [0.05, 0.1) is 29.0 Å². The van der Waals surface area contributed by atoms with Crippen molar-refractivity contribution in [2.24, 2.45) is 5.92 Å². The molecule has 3 heterocycles. The predicted octanol–water partition coefficient (Wildman–Crippen LogP) is 3.29. The molecule has 1 saturated heterocycles. The molecule has 0 spiro atoms. The number of piperazine rings is 1. The first-order chi connectivity index (χ1) is 17.2. The molecule has 3 aromatic rings. The summed E-state index contributed by atoms with van der Waals surface area (Å²) in [6.07, 6.45) is 7.52. The van der Waals surface area contributed by atoms with E-state index in [4.69, 9.17) is 0 Å². The molecule has 12 heteroatoms. The second-order valence-corrected chi connectivity index (χ2v) is 11.9. The summed E-state index contributed by atoms with van der Waals surface area (Å²) in [5, 5.41) is 7.21. The molecule has 192 valence electrons. The highest BCUT2D eigenvalue weighted by Crippen LogP contribution is 2.31. The van der Waals surface area contributed by atoms with Crippen LogP contribution < -0.4 is 9.62 Å². The highest BCUT2D eigenvalue weighted by atomic mass is 32.2. The van der Waals surface area contributed by atoms with Crippen LogP contribution in [0.4, 0.5) is 20.2 Å². The van der Waals surface area contributed by atoms with Crippen LogP contribution in [0, 0.1) is 17.6 Å². The van der Waals surface area contributed by atoms with Crippen LogP contribution in [-0.4, -0.2) is 71.3 Å². The minimum atomic E-state index is -3.82. The van der Waals surface area contributed by atoms with E-state index in [1.165, 1.54) is 39.4 Å². The fraction of sp³-hybridized carbons (Fsp3) is 0.458. The predicted molar refractivity (Wildman–Crippen MR) is 134 cm³/mol. The highest BCUT2D eigenvalue weighted by molar-refractivity contribution is 7.93. The molecule has 5 rings (SSSR count). The first kappa shape index (κ1) is 24.6. The molecule has 1 aromatic carbocycles. The summed E-state index contributed by atoms with van der Waals surface area (Å²) in [5.41, 5.74) is 1.13. The lowest BCUT2D eigenvalue weighted by Crippen LogP contribution is -2.47. The average molecular weight is 518 g/mol. The van der Waals surface area contributed by atoms with Crippen LogP contribution in [0.15, 0.2) is 36.8 Å². The van der Waals surface area contributed by atoms with E-state index in [-0.39, 0.29) is 5.69 Å². The van der Waals surface area contributed by atoms with Gasteiger partial charge in [0.1, 0.15) is 11.4 Å². The molecular weight excluding hydrogens is 488 g/mol. The van der Waals surface area contributed by atoms with E-state index in [0.717, 1.165) is 54.6 Å². The summed E-state index contributed by atoms with van der Waals surface area (Å²) in [4.78, 5) is 9.13. The van der Waals surface area contributed by atoms with E-state index < -0.39 is 32.6 Å². The molecule has 1 N–H and O–H groups in total. The normalized spacial score (nSPS) is 17.1. The smallest absolute Gasteiger partial charge is 0.235 e. The summed E-state index contributed by atoms with van der Waals surface area (Å²) in [6, 6.07) is 3.98. The Morgan fingerprint density at radius 2 is 1.86 bits per heavy atom. The van der Waals surface area contributed by atoms with Crippen LogP contribution in [0.3, 0.4) is 0 Å². The van der Waals surface area contributed by atoms with Gasteiger partial charge in [-0.15, -0.1) is 5.10 Å². The Bertz CT molecular complexity index is 1350. The lowest BCUT2D eigenvalue weighted by atomic mass is 10.2. The van der Waals surface area contributed by atoms with Crippen LogP contribution in [0.1, 0.15) is 26.7 Å². The second-order valence-electron chi connectivity index (χ2n) is 9.66. The number of rotatable bonds is 8. The third-order valence-electron chi connectivity index (χ3n) is 6.63. The number of halogens is 2. The van der Waals surface area contributed by atoms with Crippen molar-refractivity contribution in [3.8, 4) is 16.9 Å². The fourth-order valence-corrected chi connectivity index (χ4v) is 4.90. The quantitative estimate of drug-likeness (QED) is 0.490. The number of pyridine rings is 1. The van der Waals surface area contributed by atoms with Crippen molar-refractivity contribution in [2.45, 2.75) is 31.9 Å². The molecule has 0 atom stereocenters. The van der Waals surface area contributed by atoms with Crippen LogP contribution in [0.2, 0.25) is 0 Å². The van der Waals surface area contributed by atoms with Crippen molar-refractivity contribution in [1.82, 2.24) is 24.9 Å². The average Bonchev–Trinajstić information content (AvgIpc) is 3.54. The SMILES string of the molecule is CC(C)S(=O)(=O)Nc1ccc(F)c(-n2cc(-c3cncc(N4CCN(CC5CC5)CC4)c3)nn2)c1F. The van der Waals surface area contributed by atoms with Gasteiger partial charge in [0.25, 0.3) is 0 Å². The van der Waals surface area contributed by atoms with Gasteiger partial charge in [0.2, 0.25) is 10.0 Å². The Labute approximate surface area is 209 Å². The molecule has 36 heavy (non-hydrogen) atoms. The lowest BCUT2D eigenvalue weighted by Gasteiger charge is -2.36. The van der Waals surface area contributed by atoms with Crippen LogP contribution in [0.25, 0.3) is 16.9 Å². The van der Waals surface area contributed by atoms with Gasteiger partial charge in [-0.3, -0.25) is 14.6 Å². The summed E-state index contributed by atoms with van der Waals surface area (Å²) < 4.78 is 57.3. The largest absolute Gasteiger partial charge is 0.368 e. The standard InChI is InChI=1S/C24H29F2N7O2S/c1-16(2)36(34,35)29-21-6-5-20(25)24(23(21)26)33-15-22(28-30-33)18-11-19(13-27-12-18)32-9-7-31(8-10-32)14-17-3-4-17/h5-6,11-13,15-17,29H,3-4,7-10,14H2,1-2H3. The maximum atomic E-state index is 15.2. The van der Waals surface area contributed by atoms with Gasteiger partial charge >= 0.3 is 0 Å². The number of hydrogen-bond acceptors (Lipinski definition) is 7. The summed E-state index contributed by atoms with van der Waals surface area (Å²) in [5.74, 6) is -1.10. The Morgan fingerprint density at radius 1 is 1.11 bits per heavy atom. The maximum Gasteiger partial charge on any atom is 0.235 e. The van der Waals surface area contributed by atoms with Crippen LogP contribution in [-0.2, 0) is 10.0 Å². The second kappa shape index (κ2) is 9.74. The minimum Gasteiger partial charge on any atom is -0.368 e. The Hall–Kier alpha value is -3.12. The molecule has 1 saturated carbocycles. The minimum absolute atomic E-state index is 0.360. The zero-order valence-corrected chi connectivity index (χ0v) is 21.0. The van der Waals surface area contributed by atoms with E-state index in [2.05, 4.69) is 29.8 Å². The number of nitrogens with zero attached hydrogens (tertiary/aromatic N) is 6. The van der Waals surface area contributed by atoms with Crippen LogP contribution in [0.5, 0.6) is 0 Å². The third-order valence-corrected chi connectivity index (χ3v) is 8.38. The van der Waals surface area contributed by atoms with Crippen molar-refractivity contribution < 1.29 is 17.2 Å². The highest BCUT2D eigenvalue weighted by Gasteiger charge is 2.27. The van der Waals surface area contributed by atoms with Gasteiger partial charge in [-0.05, 0) is 50.8 Å². The van der Waals surface area contributed by atoms with Crippen molar-refractivity contribution in [2.75, 3.05) is 42.3 Å². The number of aromatic nitrogens is 4. The number of sulfonamides is 1. The van der Waals surface area contributed by atoms with Crippen molar-refractivity contribution >= 4 is 21.4 Å². The molecule has 2 aromatic heterocycles. The Balaban J connectivity index is 1.36. The summed E-state index contributed by atoms with van der Waals surface area (Å²) >= 11 is 0. The molecule has 0 unspecified atom stereocenters.